The number of rotatable bonds is 1. The number of carbonyl (C=O) groups excluding carboxylic acids is 1. The number of nitrogens with two attached hydrogens (primary N) is 1. The number of anilines is 1. The Kier molecular flexibility index (Phi) is 1.85. The van der Waals surface area contributed by atoms with Crippen molar-refractivity contribution in [2.75, 3.05) is 11.2 Å². The van der Waals surface area contributed by atoms with Crippen molar-refractivity contribution < 1.29 is 4.79 Å². The summed E-state index contributed by atoms with van der Waals surface area (Å²) in [5, 5.41) is 0. The van der Waals surface area contributed by atoms with Crippen molar-refractivity contribution in [3.05, 3.63) is 24.3 Å². The van der Waals surface area contributed by atoms with E-state index in [0.29, 0.717) is 0 Å². The number of nitrogen functional groups attached to an aromatic ring is 1. The Balaban J connectivity index is 2.62. The number of amides is 1. The van der Waals surface area contributed by atoms with Gasteiger partial charge in [-0.05, 0) is 12.1 Å². The molecule has 1 aromatic carbocycles. The minimum absolute atomic E-state index is 0.181. The van der Waals surface area contributed by atoms with Gasteiger partial charge in [0.15, 0.2) is 0 Å². The molecule has 0 aliphatic rings. The standard InChI is InChI=1S/C9H10N4O/c1-6(14)12-13-8-5-3-2-4-7(8)11-9(13)10/h2-5H,1H3,(H2,10,11)(H,12,14). The molecule has 1 amide bonds. The molecule has 0 fully saturated rings. The molecule has 0 bridgehead atoms. The van der Waals surface area contributed by atoms with E-state index in [2.05, 4.69) is 10.4 Å². The fraction of sp³-hybridized carbons (Fsp3) is 0.111. The molecule has 0 spiro atoms. The third-order valence-electron chi connectivity index (χ3n) is 1.86. The van der Waals surface area contributed by atoms with Crippen LogP contribution in [0.1, 0.15) is 6.92 Å². The molecule has 0 aliphatic heterocycles. The van der Waals surface area contributed by atoms with E-state index in [1.165, 1.54) is 11.6 Å². The molecule has 3 N–H and O–H groups in total. The number of nitrogens with one attached hydrogen (secondary N) is 1. The summed E-state index contributed by atoms with van der Waals surface area (Å²) in [6.07, 6.45) is 0. The molecule has 14 heavy (non-hydrogen) atoms. The Labute approximate surface area is 80.5 Å². The van der Waals surface area contributed by atoms with E-state index in [-0.39, 0.29) is 11.9 Å². The number of carbonyl (C=O) groups is 1. The predicted octanol–water partition coefficient (Wildman–Crippen LogP) is 0.708. The van der Waals surface area contributed by atoms with Crippen LogP contribution in [0.15, 0.2) is 24.3 Å². The van der Waals surface area contributed by atoms with Crippen LogP contribution in [-0.2, 0) is 4.79 Å². The average Bonchev–Trinajstić information content (AvgIpc) is 2.43. The average molecular weight is 190 g/mol. The third-order valence-corrected chi connectivity index (χ3v) is 1.86. The fourth-order valence-electron chi connectivity index (χ4n) is 1.32. The molecule has 0 radical (unpaired) electrons. The van der Waals surface area contributed by atoms with Gasteiger partial charge in [-0.3, -0.25) is 10.2 Å². The Morgan fingerprint density at radius 3 is 2.93 bits per heavy atom. The number of fused-ring (bicyclic) bond motifs is 1. The van der Waals surface area contributed by atoms with E-state index in [1.807, 2.05) is 24.3 Å². The van der Waals surface area contributed by atoms with Crippen LogP contribution in [0.5, 0.6) is 0 Å². The smallest absolute Gasteiger partial charge is 0.235 e. The van der Waals surface area contributed by atoms with Crippen LogP contribution in [0.25, 0.3) is 11.0 Å². The molecule has 0 atom stereocenters. The van der Waals surface area contributed by atoms with E-state index in [4.69, 9.17) is 5.73 Å². The molecule has 1 heterocycles. The highest BCUT2D eigenvalue weighted by Crippen LogP contribution is 2.14. The monoisotopic (exact) mass is 190 g/mol. The fourth-order valence-corrected chi connectivity index (χ4v) is 1.32. The topological polar surface area (TPSA) is 72.9 Å². The van der Waals surface area contributed by atoms with Gasteiger partial charge in [0.2, 0.25) is 11.9 Å². The Morgan fingerprint density at radius 1 is 1.50 bits per heavy atom. The zero-order valence-electron chi connectivity index (χ0n) is 7.69. The van der Waals surface area contributed by atoms with Crippen molar-refractivity contribution in [1.29, 1.82) is 0 Å². The lowest BCUT2D eigenvalue weighted by Gasteiger charge is -2.04. The number of aromatic nitrogens is 2. The summed E-state index contributed by atoms with van der Waals surface area (Å²) in [6, 6.07) is 7.41. The van der Waals surface area contributed by atoms with Crippen LogP contribution in [-0.4, -0.2) is 15.6 Å². The lowest BCUT2D eigenvalue weighted by atomic mass is 10.3. The van der Waals surface area contributed by atoms with Crippen molar-refractivity contribution in [1.82, 2.24) is 9.66 Å². The van der Waals surface area contributed by atoms with Gasteiger partial charge in [-0.15, -0.1) is 0 Å². The summed E-state index contributed by atoms with van der Waals surface area (Å²) in [5.41, 5.74) is 9.78. The number of nitrogens with zero attached hydrogens (tertiary/aromatic N) is 2. The van der Waals surface area contributed by atoms with Gasteiger partial charge in [-0.2, -0.15) is 0 Å². The summed E-state index contributed by atoms with van der Waals surface area (Å²) in [4.78, 5) is 15.0. The summed E-state index contributed by atoms with van der Waals surface area (Å²) < 4.78 is 1.47. The summed E-state index contributed by atoms with van der Waals surface area (Å²) in [6.45, 7) is 1.42. The van der Waals surface area contributed by atoms with Crippen LogP contribution in [0.2, 0.25) is 0 Å². The van der Waals surface area contributed by atoms with Crippen molar-refractivity contribution in [2.24, 2.45) is 0 Å². The largest absolute Gasteiger partial charge is 0.368 e. The van der Waals surface area contributed by atoms with E-state index in [1.54, 1.807) is 0 Å². The van der Waals surface area contributed by atoms with E-state index in [9.17, 15) is 4.79 Å². The first-order valence-electron chi connectivity index (χ1n) is 4.19. The number of benzene rings is 1. The maximum atomic E-state index is 10.9. The first-order chi connectivity index (χ1) is 6.68. The van der Waals surface area contributed by atoms with Gasteiger partial charge in [0.25, 0.3) is 0 Å². The number of hydrogen-bond acceptors (Lipinski definition) is 3. The molecule has 0 unspecified atom stereocenters. The zero-order chi connectivity index (χ0) is 10.1. The van der Waals surface area contributed by atoms with Crippen molar-refractivity contribution in [3.63, 3.8) is 0 Å². The van der Waals surface area contributed by atoms with Crippen LogP contribution in [0, 0.1) is 0 Å². The molecule has 0 saturated carbocycles. The lowest BCUT2D eigenvalue weighted by Crippen LogP contribution is -2.21. The highest BCUT2D eigenvalue weighted by atomic mass is 16.2. The molecule has 2 aromatic rings. The normalized spacial score (nSPS) is 10.4. The van der Waals surface area contributed by atoms with Gasteiger partial charge in [0.1, 0.15) is 0 Å². The van der Waals surface area contributed by atoms with Crippen LogP contribution in [0.3, 0.4) is 0 Å². The predicted molar refractivity (Wildman–Crippen MR) is 54.2 cm³/mol. The minimum atomic E-state index is -0.181. The quantitative estimate of drug-likeness (QED) is 0.695. The van der Waals surface area contributed by atoms with Gasteiger partial charge >= 0.3 is 0 Å². The maximum absolute atomic E-state index is 10.9. The molecular formula is C9H10N4O. The van der Waals surface area contributed by atoms with Gasteiger partial charge in [0, 0.05) is 6.92 Å². The number of imidazole rings is 1. The van der Waals surface area contributed by atoms with Gasteiger partial charge in [-0.25, -0.2) is 9.66 Å². The molecule has 1 aromatic heterocycles. The van der Waals surface area contributed by atoms with Crippen LogP contribution < -0.4 is 11.2 Å². The van der Waals surface area contributed by atoms with Crippen molar-refractivity contribution in [2.45, 2.75) is 6.92 Å². The van der Waals surface area contributed by atoms with Gasteiger partial charge in [0.05, 0.1) is 11.0 Å². The van der Waals surface area contributed by atoms with Crippen LogP contribution >= 0.6 is 0 Å². The molecule has 5 nitrogen and oxygen atoms in total. The highest BCUT2D eigenvalue weighted by molar-refractivity contribution is 5.86. The SMILES string of the molecule is CC(=O)Nn1c(N)nc2ccccc21. The zero-order valence-corrected chi connectivity index (χ0v) is 7.69. The first kappa shape index (κ1) is 8.55. The highest BCUT2D eigenvalue weighted by Gasteiger charge is 2.07. The number of hydrogen-bond donors (Lipinski definition) is 2. The van der Waals surface area contributed by atoms with Gasteiger partial charge in [-0.1, -0.05) is 12.1 Å². The van der Waals surface area contributed by atoms with E-state index >= 15 is 0 Å². The van der Waals surface area contributed by atoms with Crippen molar-refractivity contribution in [3.8, 4) is 0 Å². The van der Waals surface area contributed by atoms with E-state index in [0.717, 1.165) is 11.0 Å². The molecular weight excluding hydrogens is 180 g/mol. The maximum Gasteiger partial charge on any atom is 0.235 e. The second-order valence-corrected chi connectivity index (χ2v) is 2.96. The van der Waals surface area contributed by atoms with Crippen LogP contribution in [0.4, 0.5) is 5.95 Å². The molecule has 0 saturated heterocycles. The first-order valence-corrected chi connectivity index (χ1v) is 4.19. The lowest BCUT2D eigenvalue weighted by molar-refractivity contribution is -0.115. The van der Waals surface area contributed by atoms with Crippen molar-refractivity contribution >= 4 is 22.9 Å². The van der Waals surface area contributed by atoms with E-state index < -0.39 is 0 Å². The minimum Gasteiger partial charge on any atom is -0.368 e. The Bertz CT molecular complexity index is 489. The second kappa shape index (κ2) is 3.02. The van der Waals surface area contributed by atoms with Gasteiger partial charge < -0.3 is 5.73 Å². The molecule has 72 valence electrons. The summed E-state index contributed by atoms with van der Waals surface area (Å²) >= 11 is 0. The summed E-state index contributed by atoms with van der Waals surface area (Å²) in [5.74, 6) is 0.0984. The second-order valence-electron chi connectivity index (χ2n) is 2.96. The molecule has 2 rings (SSSR count). The number of para-hydroxylation sites is 2. The third kappa shape index (κ3) is 1.28. The molecule has 5 heteroatoms. The Hall–Kier alpha value is -2.04. The summed E-state index contributed by atoms with van der Waals surface area (Å²) in [7, 11) is 0. The molecule has 0 aliphatic carbocycles. The Morgan fingerprint density at radius 2 is 2.21 bits per heavy atom.